The third-order valence-electron chi connectivity index (χ3n) is 8.12. The Morgan fingerprint density at radius 3 is 1.52 bits per heavy atom. The van der Waals surface area contributed by atoms with Crippen LogP contribution >= 0.6 is 0 Å². The molecule has 3 aromatic carbocycles. The van der Waals surface area contributed by atoms with Crippen molar-refractivity contribution in [3.8, 4) is 0 Å². The molecule has 0 bridgehead atoms. The largest absolute Gasteiger partial charge is 0.453 e. The number of hydrogen-bond acceptors (Lipinski definition) is 12. The van der Waals surface area contributed by atoms with Gasteiger partial charge in [0.05, 0.1) is 13.2 Å². The molecule has 12 heteroatoms. The van der Waals surface area contributed by atoms with E-state index in [0.717, 1.165) is 0 Å². The third-order valence-corrected chi connectivity index (χ3v) is 8.12. The second-order valence-electron chi connectivity index (χ2n) is 10.8. The van der Waals surface area contributed by atoms with Crippen LogP contribution in [-0.2, 0) is 29.2 Å². The number of esters is 1. The molecule has 0 saturated carbocycles. The van der Waals surface area contributed by atoms with Gasteiger partial charge in [-0.2, -0.15) is 0 Å². The van der Waals surface area contributed by atoms with Gasteiger partial charge in [-0.3, -0.25) is 4.79 Å². The molecule has 2 aliphatic heterocycles. The first-order valence-corrected chi connectivity index (χ1v) is 14.2. The van der Waals surface area contributed by atoms with Gasteiger partial charge < -0.3 is 54.7 Å². The number of ether oxygens (including phenoxy) is 4. The molecule has 0 unspecified atom stereocenters. The molecule has 44 heavy (non-hydrogen) atoms. The van der Waals surface area contributed by atoms with E-state index in [4.69, 9.17) is 18.9 Å². The minimum atomic E-state index is -1.85. The minimum absolute atomic E-state index is 0.536. The van der Waals surface area contributed by atoms with Gasteiger partial charge >= 0.3 is 5.97 Å². The Bertz CT molecular complexity index is 1240. The summed E-state index contributed by atoms with van der Waals surface area (Å²) in [5.74, 6) is -0.869. The summed E-state index contributed by atoms with van der Waals surface area (Å²) < 4.78 is 22.8. The van der Waals surface area contributed by atoms with Gasteiger partial charge in [-0.25, -0.2) is 0 Å². The summed E-state index contributed by atoms with van der Waals surface area (Å²) in [5, 5.41) is 72.4. The van der Waals surface area contributed by atoms with Crippen molar-refractivity contribution in [2.45, 2.75) is 66.8 Å². The molecule has 0 spiro atoms. The van der Waals surface area contributed by atoms with E-state index in [0.29, 0.717) is 16.7 Å². The molecule has 2 saturated heterocycles. The van der Waals surface area contributed by atoms with Gasteiger partial charge in [-0.15, -0.1) is 0 Å². The Balaban J connectivity index is 1.58. The number of carbonyl (C=O) groups excluding carboxylic acids is 1. The van der Waals surface area contributed by atoms with Gasteiger partial charge in [0.25, 0.3) is 0 Å². The first-order chi connectivity index (χ1) is 21.2. The average molecular weight is 613 g/mol. The molecule has 12 nitrogen and oxygen atoms in total. The lowest BCUT2D eigenvalue weighted by atomic mass is 9.69. The summed E-state index contributed by atoms with van der Waals surface area (Å²) in [6.07, 6.45) is -16.8. The molecule has 7 N–H and O–H groups in total. The molecule has 10 atom stereocenters. The zero-order valence-electron chi connectivity index (χ0n) is 23.5. The van der Waals surface area contributed by atoms with Crippen LogP contribution < -0.4 is 0 Å². The van der Waals surface area contributed by atoms with Crippen molar-refractivity contribution >= 4 is 5.97 Å². The fourth-order valence-corrected chi connectivity index (χ4v) is 5.81. The van der Waals surface area contributed by atoms with Crippen LogP contribution in [0.5, 0.6) is 0 Å². The Morgan fingerprint density at radius 2 is 1.07 bits per heavy atom. The predicted molar refractivity (Wildman–Crippen MR) is 152 cm³/mol. The lowest BCUT2D eigenvalue weighted by Gasteiger charge is -2.46. The van der Waals surface area contributed by atoms with E-state index in [1.807, 2.05) is 0 Å². The average Bonchev–Trinajstić information content (AvgIpc) is 3.06. The van der Waals surface area contributed by atoms with Gasteiger partial charge in [0.2, 0.25) is 0 Å². The fraction of sp³-hybridized carbons (Fsp3) is 0.406. The smallest absolute Gasteiger partial charge is 0.326 e. The second kappa shape index (κ2) is 13.8. The number of aliphatic hydroxyl groups is 7. The Labute approximate surface area is 253 Å². The molecule has 0 aromatic heterocycles. The van der Waals surface area contributed by atoms with Crippen LogP contribution in [0.4, 0.5) is 0 Å². The van der Waals surface area contributed by atoms with Crippen LogP contribution in [0.15, 0.2) is 91.0 Å². The zero-order chi connectivity index (χ0) is 31.4. The number of hydrogen-bond donors (Lipinski definition) is 7. The van der Waals surface area contributed by atoms with E-state index in [1.54, 1.807) is 91.0 Å². The van der Waals surface area contributed by atoms with E-state index >= 15 is 0 Å². The Kier molecular flexibility index (Phi) is 10.1. The summed E-state index contributed by atoms with van der Waals surface area (Å²) in [5.41, 5.74) is 0.0177. The maximum absolute atomic E-state index is 14.7. The van der Waals surface area contributed by atoms with E-state index < -0.39 is 86.0 Å². The second-order valence-corrected chi connectivity index (χ2v) is 10.8. The third kappa shape index (κ3) is 5.89. The molecule has 2 aliphatic rings. The van der Waals surface area contributed by atoms with Crippen molar-refractivity contribution in [2.24, 2.45) is 0 Å². The SMILES string of the molecule is O=C(O[C@H]1[C@H](O[C@H]2[C@H](O)[C@@H](O)[C@H](O)O[C@@H]2CO)O[C@H](CO)[C@H](O)[C@@H]1O)C(c1ccccc1)(c1ccccc1)c1ccccc1. The van der Waals surface area contributed by atoms with Crippen molar-refractivity contribution in [1.29, 1.82) is 0 Å². The molecular weight excluding hydrogens is 576 g/mol. The Morgan fingerprint density at radius 1 is 0.614 bits per heavy atom. The summed E-state index contributed by atoms with van der Waals surface area (Å²) in [4.78, 5) is 14.7. The number of benzene rings is 3. The number of aliphatic hydroxyl groups excluding tert-OH is 7. The molecule has 0 radical (unpaired) electrons. The van der Waals surface area contributed by atoms with Gasteiger partial charge in [-0.05, 0) is 16.7 Å². The predicted octanol–water partition coefficient (Wildman–Crippen LogP) is -0.812. The molecule has 3 aromatic rings. The van der Waals surface area contributed by atoms with Crippen molar-refractivity contribution in [2.75, 3.05) is 13.2 Å². The van der Waals surface area contributed by atoms with Gasteiger partial charge in [0.1, 0.15) is 48.1 Å². The molecule has 5 rings (SSSR count). The van der Waals surface area contributed by atoms with Crippen LogP contribution in [0.25, 0.3) is 0 Å². The highest BCUT2D eigenvalue weighted by molar-refractivity contribution is 5.92. The standard InChI is InChI=1S/C32H36O12/c33-16-21-23(35)24(36)28(30(42-21)43-27-22(17-34)41-29(39)26(38)25(27)37)44-31(40)32(18-10-4-1-5-11-18,19-12-6-2-7-13-19)20-14-8-3-9-15-20/h1-15,21-30,33-39H,16-17H2/t21-,22-,23+,24+,25-,26-,27-,28-,29-,30+/m1/s1. The molecule has 2 heterocycles. The van der Waals surface area contributed by atoms with Crippen LogP contribution in [0, 0.1) is 0 Å². The maximum atomic E-state index is 14.7. The molecule has 236 valence electrons. The Hall–Kier alpha value is -3.27. The summed E-state index contributed by atoms with van der Waals surface area (Å²) in [7, 11) is 0. The van der Waals surface area contributed by atoms with E-state index in [1.165, 1.54) is 0 Å². The van der Waals surface area contributed by atoms with Gasteiger partial charge in [0, 0.05) is 0 Å². The van der Waals surface area contributed by atoms with Gasteiger partial charge in [-0.1, -0.05) is 91.0 Å². The van der Waals surface area contributed by atoms with Crippen LogP contribution in [0.2, 0.25) is 0 Å². The molecular formula is C32H36O12. The number of carbonyl (C=O) groups is 1. The van der Waals surface area contributed by atoms with Crippen LogP contribution in [0.3, 0.4) is 0 Å². The van der Waals surface area contributed by atoms with Crippen molar-refractivity contribution in [3.63, 3.8) is 0 Å². The highest BCUT2D eigenvalue weighted by Crippen LogP contribution is 2.42. The topological polar surface area (TPSA) is 196 Å². The molecule has 0 aliphatic carbocycles. The minimum Gasteiger partial charge on any atom is -0.453 e. The summed E-state index contributed by atoms with van der Waals surface area (Å²) >= 11 is 0. The van der Waals surface area contributed by atoms with E-state index in [-0.39, 0.29) is 0 Å². The van der Waals surface area contributed by atoms with E-state index in [2.05, 4.69) is 0 Å². The highest BCUT2D eigenvalue weighted by atomic mass is 16.7. The first-order valence-electron chi connectivity index (χ1n) is 14.2. The lowest BCUT2D eigenvalue weighted by molar-refractivity contribution is -0.356. The highest BCUT2D eigenvalue weighted by Gasteiger charge is 2.54. The maximum Gasteiger partial charge on any atom is 0.326 e. The summed E-state index contributed by atoms with van der Waals surface area (Å²) in [6.45, 7) is -1.51. The molecule has 2 fully saturated rings. The van der Waals surface area contributed by atoms with Crippen LogP contribution in [0.1, 0.15) is 16.7 Å². The fourth-order valence-electron chi connectivity index (χ4n) is 5.81. The zero-order valence-corrected chi connectivity index (χ0v) is 23.5. The van der Waals surface area contributed by atoms with E-state index in [9.17, 15) is 40.5 Å². The van der Waals surface area contributed by atoms with Crippen molar-refractivity contribution < 1.29 is 59.5 Å². The van der Waals surface area contributed by atoms with Gasteiger partial charge in [0.15, 0.2) is 18.7 Å². The monoisotopic (exact) mass is 612 g/mol. The normalized spacial score (nSPS) is 32.6. The summed E-state index contributed by atoms with van der Waals surface area (Å²) in [6, 6.07) is 26.5. The quantitative estimate of drug-likeness (QED) is 0.117. The lowest BCUT2D eigenvalue weighted by Crippen LogP contribution is -2.65. The number of rotatable bonds is 9. The first kappa shape index (κ1) is 32.1. The van der Waals surface area contributed by atoms with Crippen LogP contribution in [-0.4, -0.2) is 116 Å². The van der Waals surface area contributed by atoms with Crippen molar-refractivity contribution in [1.82, 2.24) is 0 Å². The molecule has 0 amide bonds. The van der Waals surface area contributed by atoms with Crippen molar-refractivity contribution in [3.05, 3.63) is 108 Å².